The van der Waals surface area contributed by atoms with Gasteiger partial charge in [0.15, 0.2) is 0 Å². The fourth-order valence-corrected chi connectivity index (χ4v) is 2.29. The monoisotopic (exact) mass is 197 g/mol. The standard InChI is InChI=1S/C10H15NOS/c1-10(2)7-12-9(11-10)6-8-4-3-5-13-8/h3-5,9,11H,6-7H2,1-2H3. The topological polar surface area (TPSA) is 21.3 Å². The summed E-state index contributed by atoms with van der Waals surface area (Å²) in [6, 6.07) is 4.24. The maximum Gasteiger partial charge on any atom is 0.113 e. The van der Waals surface area contributed by atoms with E-state index >= 15 is 0 Å². The number of hydrogen-bond acceptors (Lipinski definition) is 3. The average molecular weight is 197 g/mol. The van der Waals surface area contributed by atoms with Crippen LogP contribution >= 0.6 is 11.3 Å². The van der Waals surface area contributed by atoms with Gasteiger partial charge in [0.05, 0.1) is 6.61 Å². The van der Waals surface area contributed by atoms with Gasteiger partial charge in [0.25, 0.3) is 0 Å². The van der Waals surface area contributed by atoms with Crippen molar-refractivity contribution in [1.29, 1.82) is 0 Å². The molecule has 1 aliphatic heterocycles. The number of hydrogen-bond donors (Lipinski definition) is 1. The van der Waals surface area contributed by atoms with E-state index in [2.05, 4.69) is 36.7 Å². The molecule has 0 aromatic carbocycles. The van der Waals surface area contributed by atoms with E-state index in [1.807, 2.05) is 0 Å². The summed E-state index contributed by atoms with van der Waals surface area (Å²) in [6.07, 6.45) is 1.19. The van der Waals surface area contributed by atoms with Crippen LogP contribution in [0.4, 0.5) is 0 Å². The van der Waals surface area contributed by atoms with E-state index in [1.54, 1.807) is 11.3 Å². The Hall–Kier alpha value is -0.380. The molecule has 0 amide bonds. The molecule has 1 N–H and O–H groups in total. The molecule has 0 spiro atoms. The van der Waals surface area contributed by atoms with Crippen molar-refractivity contribution in [3.05, 3.63) is 22.4 Å². The fraction of sp³-hybridized carbons (Fsp3) is 0.600. The van der Waals surface area contributed by atoms with Gasteiger partial charge in [0, 0.05) is 16.8 Å². The quantitative estimate of drug-likeness (QED) is 0.783. The van der Waals surface area contributed by atoms with E-state index in [4.69, 9.17) is 4.74 Å². The van der Waals surface area contributed by atoms with Crippen LogP contribution in [0.2, 0.25) is 0 Å². The van der Waals surface area contributed by atoms with Crippen molar-refractivity contribution in [2.24, 2.45) is 0 Å². The Labute approximate surface area is 82.9 Å². The lowest BCUT2D eigenvalue weighted by Crippen LogP contribution is -2.39. The number of rotatable bonds is 2. The molecule has 1 atom stereocenters. The third-order valence-corrected chi connectivity index (χ3v) is 3.06. The Morgan fingerprint density at radius 1 is 1.69 bits per heavy atom. The highest BCUT2D eigenvalue weighted by molar-refractivity contribution is 7.09. The number of ether oxygens (including phenoxy) is 1. The van der Waals surface area contributed by atoms with Crippen LogP contribution in [0.1, 0.15) is 18.7 Å². The van der Waals surface area contributed by atoms with Gasteiger partial charge in [-0.25, -0.2) is 0 Å². The molecule has 1 aromatic heterocycles. The summed E-state index contributed by atoms with van der Waals surface area (Å²) in [6.45, 7) is 5.14. The number of thiophene rings is 1. The first-order valence-electron chi connectivity index (χ1n) is 4.57. The van der Waals surface area contributed by atoms with Crippen LogP contribution in [0.25, 0.3) is 0 Å². The first kappa shape index (κ1) is 9.19. The van der Waals surface area contributed by atoms with Crippen molar-refractivity contribution < 1.29 is 4.74 Å². The Balaban J connectivity index is 1.91. The Kier molecular flexibility index (Phi) is 2.41. The minimum atomic E-state index is 0.141. The van der Waals surface area contributed by atoms with Crippen LogP contribution in [-0.2, 0) is 11.2 Å². The van der Waals surface area contributed by atoms with Crippen molar-refractivity contribution >= 4 is 11.3 Å². The summed E-state index contributed by atoms with van der Waals surface area (Å²) in [7, 11) is 0. The summed E-state index contributed by atoms with van der Waals surface area (Å²) in [5.74, 6) is 0. The first-order chi connectivity index (χ1) is 6.16. The van der Waals surface area contributed by atoms with Crippen molar-refractivity contribution in [3.8, 4) is 0 Å². The van der Waals surface area contributed by atoms with Gasteiger partial charge in [-0.05, 0) is 25.3 Å². The van der Waals surface area contributed by atoms with Crippen LogP contribution in [0.5, 0.6) is 0 Å². The lowest BCUT2D eigenvalue weighted by Gasteiger charge is -2.16. The molecule has 1 unspecified atom stereocenters. The zero-order valence-corrected chi connectivity index (χ0v) is 8.86. The molecule has 0 radical (unpaired) electrons. The van der Waals surface area contributed by atoms with E-state index < -0.39 is 0 Å². The van der Waals surface area contributed by atoms with E-state index in [0.717, 1.165) is 13.0 Å². The molecule has 2 heterocycles. The van der Waals surface area contributed by atoms with Crippen LogP contribution < -0.4 is 5.32 Å². The van der Waals surface area contributed by atoms with Gasteiger partial charge in [-0.2, -0.15) is 0 Å². The highest BCUT2D eigenvalue weighted by Crippen LogP contribution is 2.19. The largest absolute Gasteiger partial charge is 0.361 e. The molecular weight excluding hydrogens is 182 g/mol. The highest BCUT2D eigenvalue weighted by atomic mass is 32.1. The summed E-state index contributed by atoms with van der Waals surface area (Å²) >= 11 is 1.79. The molecule has 2 rings (SSSR count). The molecule has 2 nitrogen and oxygen atoms in total. The smallest absolute Gasteiger partial charge is 0.113 e. The van der Waals surface area contributed by atoms with Crippen molar-refractivity contribution in [2.45, 2.75) is 32.0 Å². The molecule has 13 heavy (non-hydrogen) atoms. The van der Waals surface area contributed by atoms with Gasteiger partial charge in [0.2, 0.25) is 0 Å². The van der Waals surface area contributed by atoms with Crippen molar-refractivity contribution in [3.63, 3.8) is 0 Å². The molecule has 1 saturated heterocycles. The second-order valence-corrected chi connectivity index (χ2v) is 5.14. The normalized spacial score (nSPS) is 26.5. The first-order valence-corrected chi connectivity index (χ1v) is 5.45. The van der Waals surface area contributed by atoms with Gasteiger partial charge in [-0.1, -0.05) is 6.07 Å². The molecular formula is C10H15NOS. The van der Waals surface area contributed by atoms with E-state index in [9.17, 15) is 0 Å². The Bertz CT molecular complexity index is 268. The molecule has 0 bridgehead atoms. The average Bonchev–Trinajstić information content (AvgIpc) is 2.61. The minimum Gasteiger partial charge on any atom is -0.361 e. The minimum absolute atomic E-state index is 0.141. The van der Waals surface area contributed by atoms with Gasteiger partial charge in [0.1, 0.15) is 6.23 Å². The summed E-state index contributed by atoms with van der Waals surface area (Å²) in [5.41, 5.74) is 0.141. The Morgan fingerprint density at radius 2 is 2.54 bits per heavy atom. The second kappa shape index (κ2) is 3.40. The number of nitrogens with one attached hydrogen (secondary N) is 1. The predicted molar refractivity (Wildman–Crippen MR) is 55.0 cm³/mol. The van der Waals surface area contributed by atoms with Crippen LogP contribution in [0, 0.1) is 0 Å². The molecule has 1 aliphatic rings. The van der Waals surface area contributed by atoms with Gasteiger partial charge < -0.3 is 4.74 Å². The molecule has 72 valence electrons. The van der Waals surface area contributed by atoms with Crippen molar-refractivity contribution in [2.75, 3.05) is 6.61 Å². The second-order valence-electron chi connectivity index (χ2n) is 4.11. The lowest BCUT2D eigenvalue weighted by molar-refractivity contribution is 0.0993. The van der Waals surface area contributed by atoms with Gasteiger partial charge in [-0.3, -0.25) is 5.32 Å². The molecule has 0 saturated carbocycles. The molecule has 3 heteroatoms. The zero-order valence-electron chi connectivity index (χ0n) is 8.04. The summed E-state index contributed by atoms with van der Waals surface area (Å²) in [4.78, 5) is 1.38. The maximum atomic E-state index is 5.64. The van der Waals surface area contributed by atoms with E-state index in [-0.39, 0.29) is 11.8 Å². The third-order valence-electron chi connectivity index (χ3n) is 2.16. The lowest BCUT2D eigenvalue weighted by atomic mass is 10.1. The van der Waals surface area contributed by atoms with E-state index in [1.165, 1.54) is 4.88 Å². The Morgan fingerprint density at radius 3 is 3.08 bits per heavy atom. The fourth-order valence-electron chi connectivity index (χ4n) is 1.55. The third kappa shape index (κ3) is 2.30. The molecule has 1 fully saturated rings. The summed E-state index contributed by atoms with van der Waals surface area (Å²) in [5, 5.41) is 5.56. The maximum absolute atomic E-state index is 5.64. The summed E-state index contributed by atoms with van der Waals surface area (Å²) < 4.78 is 5.64. The van der Waals surface area contributed by atoms with Crippen molar-refractivity contribution in [1.82, 2.24) is 5.32 Å². The SMILES string of the molecule is CC1(C)COC(Cc2cccs2)N1. The zero-order chi connectivity index (χ0) is 9.31. The highest BCUT2D eigenvalue weighted by Gasteiger charge is 2.30. The van der Waals surface area contributed by atoms with Crippen LogP contribution in [0.15, 0.2) is 17.5 Å². The van der Waals surface area contributed by atoms with Gasteiger partial charge in [-0.15, -0.1) is 11.3 Å². The van der Waals surface area contributed by atoms with Crippen LogP contribution in [0.3, 0.4) is 0 Å². The van der Waals surface area contributed by atoms with Crippen LogP contribution in [-0.4, -0.2) is 18.4 Å². The van der Waals surface area contributed by atoms with Gasteiger partial charge >= 0.3 is 0 Å². The molecule has 1 aromatic rings. The predicted octanol–water partition coefficient (Wildman–Crippen LogP) is 2.02. The molecule has 0 aliphatic carbocycles. The van der Waals surface area contributed by atoms with E-state index in [0.29, 0.717) is 0 Å².